The van der Waals surface area contributed by atoms with Crippen LogP contribution >= 0.6 is 0 Å². The summed E-state index contributed by atoms with van der Waals surface area (Å²) in [6.45, 7) is 4.69. The molecule has 5 nitrogen and oxygen atoms in total. The van der Waals surface area contributed by atoms with Gasteiger partial charge in [0.1, 0.15) is 5.82 Å². The maximum atomic E-state index is 13.6. The molecule has 3 rings (SSSR count). The molecule has 1 heterocycles. The third-order valence-electron chi connectivity index (χ3n) is 5.03. The summed E-state index contributed by atoms with van der Waals surface area (Å²) >= 11 is 0. The Balaban J connectivity index is 1.47. The van der Waals surface area contributed by atoms with Crippen molar-refractivity contribution in [1.29, 1.82) is 0 Å². The van der Waals surface area contributed by atoms with E-state index >= 15 is 0 Å². The van der Waals surface area contributed by atoms with Gasteiger partial charge in [0, 0.05) is 43.5 Å². The van der Waals surface area contributed by atoms with Crippen LogP contribution in [0, 0.1) is 5.82 Å². The van der Waals surface area contributed by atoms with Gasteiger partial charge in [-0.15, -0.1) is 0 Å². The second kappa shape index (κ2) is 9.98. The number of benzene rings is 2. The number of piperazine rings is 1. The molecule has 0 aliphatic carbocycles. The van der Waals surface area contributed by atoms with Gasteiger partial charge in [0.25, 0.3) is 0 Å². The molecular weight excluding hydrogens is 369 g/mol. The summed E-state index contributed by atoms with van der Waals surface area (Å²) in [6, 6.07) is 14.1. The molecule has 1 aliphatic rings. The van der Waals surface area contributed by atoms with Crippen molar-refractivity contribution in [2.75, 3.05) is 38.0 Å². The number of hydrogen-bond acceptors (Lipinski definition) is 3. The zero-order valence-corrected chi connectivity index (χ0v) is 16.6. The molecule has 2 aromatic carbocycles. The Morgan fingerprint density at radius 2 is 1.72 bits per heavy atom. The lowest BCUT2D eigenvalue weighted by Crippen LogP contribution is -2.50. The average Bonchev–Trinajstić information content (AvgIpc) is 2.74. The van der Waals surface area contributed by atoms with Gasteiger partial charge in [-0.3, -0.25) is 14.5 Å². The maximum Gasteiger partial charge on any atom is 0.246 e. The number of carbonyl (C=O) groups is 2. The van der Waals surface area contributed by atoms with Crippen molar-refractivity contribution in [2.45, 2.75) is 13.3 Å². The lowest BCUT2D eigenvalue weighted by atomic mass is 10.1. The second-order valence-electron chi connectivity index (χ2n) is 7.02. The monoisotopic (exact) mass is 395 g/mol. The Labute approximate surface area is 170 Å². The maximum absolute atomic E-state index is 13.6. The molecule has 0 radical (unpaired) electrons. The summed E-state index contributed by atoms with van der Waals surface area (Å²) in [6.07, 6.45) is 3.77. The van der Waals surface area contributed by atoms with Crippen LogP contribution in [-0.2, 0) is 16.0 Å². The third kappa shape index (κ3) is 5.74. The van der Waals surface area contributed by atoms with Crippen molar-refractivity contribution in [1.82, 2.24) is 9.80 Å². The molecule has 2 aromatic rings. The van der Waals surface area contributed by atoms with E-state index in [-0.39, 0.29) is 17.6 Å². The molecule has 2 amide bonds. The highest BCUT2D eigenvalue weighted by molar-refractivity contribution is 5.93. The zero-order chi connectivity index (χ0) is 20.6. The van der Waals surface area contributed by atoms with Crippen LogP contribution in [0.4, 0.5) is 10.1 Å². The van der Waals surface area contributed by atoms with Crippen LogP contribution in [0.1, 0.15) is 18.1 Å². The van der Waals surface area contributed by atoms with Gasteiger partial charge in [-0.25, -0.2) is 4.39 Å². The molecule has 0 spiro atoms. The Kier molecular flexibility index (Phi) is 7.14. The fourth-order valence-corrected chi connectivity index (χ4v) is 3.35. The molecule has 1 saturated heterocycles. The molecule has 0 bridgehead atoms. The van der Waals surface area contributed by atoms with Gasteiger partial charge in [0.2, 0.25) is 11.8 Å². The highest BCUT2D eigenvalue weighted by Gasteiger charge is 2.21. The predicted octanol–water partition coefficient (Wildman–Crippen LogP) is 3.18. The lowest BCUT2D eigenvalue weighted by molar-refractivity contribution is -0.127. The number of para-hydroxylation sites is 1. The fraction of sp³-hybridized carbons (Fsp3) is 0.304. The molecule has 6 heteroatoms. The van der Waals surface area contributed by atoms with Crippen LogP contribution in [0.15, 0.2) is 54.6 Å². The van der Waals surface area contributed by atoms with Crippen LogP contribution in [0.3, 0.4) is 0 Å². The van der Waals surface area contributed by atoms with Gasteiger partial charge in [-0.1, -0.05) is 43.3 Å². The van der Waals surface area contributed by atoms with Gasteiger partial charge in [-0.05, 0) is 30.2 Å². The van der Waals surface area contributed by atoms with E-state index in [1.54, 1.807) is 23.1 Å². The topological polar surface area (TPSA) is 52.7 Å². The molecule has 1 aliphatic heterocycles. The summed E-state index contributed by atoms with van der Waals surface area (Å²) < 4.78 is 13.6. The molecule has 1 fully saturated rings. The van der Waals surface area contributed by atoms with Crippen molar-refractivity contribution in [2.24, 2.45) is 0 Å². The number of rotatable bonds is 6. The van der Waals surface area contributed by atoms with E-state index in [0.717, 1.165) is 17.7 Å². The quantitative estimate of drug-likeness (QED) is 0.765. The van der Waals surface area contributed by atoms with Crippen molar-refractivity contribution >= 4 is 23.6 Å². The van der Waals surface area contributed by atoms with Gasteiger partial charge >= 0.3 is 0 Å². The Morgan fingerprint density at radius 3 is 2.45 bits per heavy atom. The van der Waals surface area contributed by atoms with E-state index in [9.17, 15) is 14.0 Å². The molecule has 0 atom stereocenters. The molecule has 0 saturated carbocycles. The number of anilines is 1. The normalized spacial score (nSPS) is 14.9. The van der Waals surface area contributed by atoms with E-state index < -0.39 is 0 Å². The minimum atomic E-state index is -0.350. The highest BCUT2D eigenvalue weighted by atomic mass is 19.1. The van der Waals surface area contributed by atoms with Gasteiger partial charge in [-0.2, -0.15) is 0 Å². The van der Waals surface area contributed by atoms with Gasteiger partial charge in [0.15, 0.2) is 0 Å². The first-order valence-corrected chi connectivity index (χ1v) is 9.88. The Morgan fingerprint density at radius 1 is 1.03 bits per heavy atom. The van der Waals surface area contributed by atoms with Crippen LogP contribution in [0.5, 0.6) is 0 Å². The van der Waals surface area contributed by atoms with Gasteiger partial charge in [0.05, 0.1) is 6.54 Å². The second-order valence-corrected chi connectivity index (χ2v) is 7.02. The number of aryl methyl sites for hydroxylation is 1. The summed E-state index contributed by atoms with van der Waals surface area (Å²) in [5.74, 6) is -0.545. The summed E-state index contributed by atoms with van der Waals surface area (Å²) in [7, 11) is 0. The zero-order valence-electron chi connectivity index (χ0n) is 16.6. The first-order chi connectivity index (χ1) is 14.1. The number of nitrogens with zero attached hydrogens (tertiary/aromatic N) is 2. The first-order valence-electron chi connectivity index (χ1n) is 9.88. The highest BCUT2D eigenvalue weighted by Crippen LogP contribution is 2.15. The number of amides is 2. The fourth-order valence-electron chi connectivity index (χ4n) is 3.35. The minimum absolute atomic E-state index is 0.0508. The minimum Gasteiger partial charge on any atom is -0.337 e. The number of carbonyl (C=O) groups excluding carboxylic acids is 2. The standard InChI is InChI=1S/C23H26FN3O2/c1-2-18-7-4-6-10-21(18)25-22(28)17-26-13-15-27(16-14-26)23(29)12-11-19-8-3-5-9-20(19)24/h3-12H,2,13-17H2,1H3,(H,25,28)/b12-11+. The molecule has 152 valence electrons. The van der Waals surface area contributed by atoms with Crippen molar-refractivity contribution in [3.05, 3.63) is 71.6 Å². The number of halogens is 1. The molecule has 1 N–H and O–H groups in total. The van der Waals surface area contributed by atoms with Crippen molar-refractivity contribution in [3.8, 4) is 0 Å². The molecular formula is C23H26FN3O2. The number of nitrogens with one attached hydrogen (secondary N) is 1. The molecule has 0 unspecified atom stereocenters. The average molecular weight is 395 g/mol. The first kappa shape index (κ1) is 20.7. The van der Waals surface area contributed by atoms with Crippen LogP contribution < -0.4 is 5.32 Å². The largest absolute Gasteiger partial charge is 0.337 e. The SMILES string of the molecule is CCc1ccccc1NC(=O)CN1CCN(C(=O)/C=C/c2ccccc2F)CC1. The van der Waals surface area contributed by atoms with Gasteiger partial charge < -0.3 is 10.2 Å². The summed E-state index contributed by atoms with van der Waals surface area (Å²) in [5.41, 5.74) is 2.36. The lowest BCUT2D eigenvalue weighted by Gasteiger charge is -2.33. The number of hydrogen-bond donors (Lipinski definition) is 1. The molecule has 29 heavy (non-hydrogen) atoms. The van der Waals surface area contributed by atoms with E-state index in [1.165, 1.54) is 18.2 Å². The third-order valence-corrected chi connectivity index (χ3v) is 5.03. The van der Waals surface area contributed by atoms with Crippen molar-refractivity contribution < 1.29 is 14.0 Å². The van der Waals surface area contributed by atoms with Crippen LogP contribution in [0.2, 0.25) is 0 Å². The predicted molar refractivity (Wildman–Crippen MR) is 113 cm³/mol. The van der Waals surface area contributed by atoms with E-state index in [4.69, 9.17) is 0 Å². The van der Waals surface area contributed by atoms with E-state index in [1.807, 2.05) is 29.2 Å². The Hall–Kier alpha value is -2.99. The van der Waals surface area contributed by atoms with E-state index in [2.05, 4.69) is 12.2 Å². The van der Waals surface area contributed by atoms with Crippen LogP contribution in [0.25, 0.3) is 6.08 Å². The van der Waals surface area contributed by atoms with Crippen molar-refractivity contribution in [3.63, 3.8) is 0 Å². The smallest absolute Gasteiger partial charge is 0.246 e. The van der Waals surface area contributed by atoms with E-state index in [0.29, 0.717) is 38.3 Å². The Bertz CT molecular complexity index is 889. The van der Waals surface area contributed by atoms with Crippen LogP contribution in [-0.4, -0.2) is 54.3 Å². The summed E-state index contributed by atoms with van der Waals surface area (Å²) in [5, 5.41) is 2.98. The molecule has 0 aromatic heterocycles. The summed E-state index contributed by atoms with van der Waals surface area (Å²) in [4.78, 5) is 28.5.